The first-order chi connectivity index (χ1) is 52.6. The number of hydrogen-bond acceptors (Lipinski definition) is 17. The Morgan fingerprint density at radius 3 is 1.50 bits per heavy atom. The van der Waals surface area contributed by atoms with Gasteiger partial charge >= 0.3 is 11.9 Å². The van der Waals surface area contributed by atoms with Crippen molar-refractivity contribution in [3.05, 3.63) is 71.9 Å². The highest BCUT2D eigenvalue weighted by Gasteiger charge is 2.40. The molecule has 13 atom stereocenters. The zero-order valence-electron chi connectivity index (χ0n) is 65.3. The maximum absolute atomic E-state index is 14.2. The summed E-state index contributed by atoms with van der Waals surface area (Å²) in [5, 5.41) is 66.9. The molecule has 0 saturated carbocycles. The minimum atomic E-state index is -1.67. The minimum absolute atomic E-state index is 0.0460. The summed E-state index contributed by atoms with van der Waals surface area (Å²) in [6.45, 7) is 12.6. The molecule has 0 aliphatic carbocycles. The molecule has 0 bridgehead atoms. The SMILES string of the molecule is CC[C@H](C)[C@H](NC(=O)[C@H](CCC(N)=O)NC(=O)[C@@H]1CCCN1C(=O)CCCCCCCCCCCCCCC(=O)N[C@@H](CO)C(=O)N[C@@H](C)C(=O)N[C@@H](CC(C)C)C(=O)N[C@@H](CC(N)=O)C(=O)N[C@@H](Cc1ccccc1)C(=O)O)C(=O)N[C@H](C(=O)N[C@@H](CC(C)C)C(=O)N[C@@H](Cc1c[nH]c2ccccc12)C(=O)O)[C@@H](C)O. The first kappa shape index (κ1) is 93.3. The summed E-state index contributed by atoms with van der Waals surface area (Å²) in [7, 11) is 0. The molecule has 0 unspecified atom stereocenters. The molecule has 0 spiro atoms. The molecule has 111 heavy (non-hydrogen) atoms. The van der Waals surface area contributed by atoms with Gasteiger partial charge in [-0.3, -0.25) is 62.3 Å². The van der Waals surface area contributed by atoms with Crippen molar-refractivity contribution in [2.24, 2.45) is 29.2 Å². The molecule has 1 aromatic heterocycles. The number of fused-ring (bicyclic) bond motifs is 1. The monoisotopic (exact) mass is 1560 g/mol. The number of unbranched alkanes of at least 4 members (excludes halogenated alkanes) is 11. The highest BCUT2D eigenvalue weighted by molar-refractivity contribution is 5.99. The Bertz CT molecular complexity index is 3590. The summed E-state index contributed by atoms with van der Waals surface area (Å²) in [6, 6.07) is 0.723. The molecule has 1 aliphatic rings. The van der Waals surface area contributed by atoms with Gasteiger partial charge in [-0.2, -0.15) is 0 Å². The number of likely N-dealkylation sites (tertiary alicyclic amines) is 1. The molecule has 2 heterocycles. The van der Waals surface area contributed by atoms with E-state index in [0.29, 0.717) is 49.8 Å². The molecule has 1 aliphatic heterocycles. The number of aliphatic hydroxyl groups excluding tert-OH is 2. The van der Waals surface area contributed by atoms with Crippen LogP contribution in [-0.4, -0.2) is 205 Å². The lowest BCUT2D eigenvalue weighted by molar-refractivity contribution is -0.143. The van der Waals surface area contributed by atoms with Crippen LogP contribution in [0.25, 0.3) is 10.9 Å². The zero-order valence-corrected chi connectivity index (χ0v) is 65.3. The number of aromatic amines is 1. The number of carboxylic acids is 2. The van der Waals surface area contributed by atoms with E-state index in [0.717, 1.165) is 75.1 Å². The van der Waals surface area contributed by atoms with Crippen LogP contribution in [-0.2, 0) is 84.8 Å². The molecule has 33 heteroatoms. The van der Waals surface area contributed by atoms with Gasteiger partial charge in [-0.25, -0.2) is 9.59 Å². The van der Waals surface area contributed by atoms with Gasteiger partial charge in [-0.15, -0.1) is 0 Å². The maximum Gasteiger partial charge on any atom is 0.326 e. The number of primary amides is 2. The number of H-pyrrole nitrogens is 1. The van der Waals surface area contributed by atoms with Gasteiger partial charge in [0.15, 0.2) is 0 Å². The fourth-order valence-electron chi connectivity index (χ4n) is 13.0. The molecule has 1 saturated heterocycles. The summed E-state index contributed by atoms with van der Waals surface area (Å²) in [5.74, 6) is -13.8. The Morgan fingerprint density at radius 2 is 0.973 bits per heavy atom. The number of rotatable bonds is 53. The number of aliphatic hydroxyl groups is 2. The largest absolute Gasteiger partial charge is 0.480 e. The number of para-hydroxylation sites is 1. The number of carboxylic acid groups (broad SMARTS) is 2. The Morgan fingerprint density at radius 1 is 0.495 bits per heavy atom. The average molecular weight is 1560 g/mol. The van der Waals surface area contributed by atoms with Crippen LogP contribution in [0.4, 0.5) is 0 Å². The van der Waals surface area contributed by atoms with Crippen LogP contribution in [0.2, 0.25) is 0 Å². The van der Waals surface area contributed by atoms with Crippen molar-refractivity contribution in [3.8, 4) is 0 Å². The number of aliphatic carboxylic acids is 2. The highest BCUT2D eigenvalue weighted by atomic mass is 16.4. The van der Waals surface area contributed by atoms with Gasteiger partial charge in [0.2, 0.25) is 76.8 Å². The maximum atomic E-state index is 14.2. The molecule has 13 amide bonds. The normalized spacial score (nSPS) is 16.0. The van der Waals surface area contributed by atoms with E-state index in [4.69, 9.17) is 11.5 Å². The van der Waals surface area contributed by atoms with Crippen molar-refractivity contribution < 1.29 is 92.3 Å². The van der Waals surface area contributed by atoms with Gasteiger partial charge in [0.1, 0.15) is 66.5 Å². The molecular formula is C78H120N14O19. The van der Waals surface area contributed by atoms with Gasteiger partial charge in [-0.05, 0) is 93.7 Å². The van der Waals surface area contributed by atoms with E-state index in [1.807, 2.05) is 18.2 Å². The second-order valence-electron chi connectivity index (χ2n) is 29.9. The number of carbonyl (C=O) groups excluding carboxylic acids is 13. The number of hydrogen-bond donors (Lipinski definition) is 17. The van der Waals surface area contributed by atoms with Crippen molar-refractivity contribution >= 4 is 99.6 Å². The highest BCUT2D eigenvalue weighted by Crippen LogP contribution is 2.23. The van der Waals surface area contributed by atoms with Crippen LogP contribution in [0.3, 0.4) is 0 Å². The van der Waals surface area contributed by atoms with E-state index < -0.39 is 174 Å². The fraction of sp³-hybridized carbons (Fsp3) is 0.628. The second-order valence-corrected chi connectivity index (χ2v) is 29.9. The number of aromatic nitrogens is 1. The smallest absolute Gasteiger partial charge is 0.326 e. The van der Waals surface area contributed by atoms with Crippen LogP contribution in [0.5, 0.6) is 0 Å². The summed E-state index contributed by atoms with van der Waals surface area (Å²) >= 11 is 0. The number of amides is 13. The molecule has 0 radical (unpaired) electrons. The lowest BCUT2D eigenvalue weighted by atomic mass is 9.96. The van der Waals surface area contributed by atoms with E-state index in [1.165, 1.54) is 18.7 Å². The van der Waals surface area contributed by atoms with Crippen molar-refractivity contribution in [2.45, 2.75) is 282 Å². The van der Waals surface area contributed by atoms with Crippen LogP contribution in [0, 0.1) is 17.8 Å². The Balaban J connectivity index is 1.16. The van der Waals surface area contributed by atoms with Crippen molar-refractivity contribution in [1.82, 2.24) is 63.1 Å². The second kappa shape index (κ2) is 48.6. The number of carbonyl (C=O) groups is 15. The standard InChI is InChI=1S/C78H120N14O19/c1-9-47(6)66(75(106)91-67(49(8)94)76(107)87-56(39-46(4)5)71(102)89-59(78(110)111)41-51-43-81-53-31-26-25-30-52(51)53)90-69(100)54(35-36-62(79)95)84-74(105)61-32-27-37-92(61)65(98)34-24-19-17-15-13-11-10-12-14-16-18-23-33-64(97)83-60(44-93)73(104)82-48(7)68(99)85-55(38-45(2)3)70(101)86-57(42-63(80)96)72(103)88-58(77(108)109)40-50-28-21-20-22-29-50/h20-22,25-26,28-31,43,45-49,54-61,66-67,81,93-94H,9-19,23-24,27,32-42,44H2,1-8H3,(H2,79,95)(H2,80,96)(H,82,104)(H,83,97)(H,84,105)(H,85,99)(H,86,101)(H,87,107)(H,88,103)(H,89,102)(H,90,100)(H,91,106)(H,108,109)(H,110,111)/t47-,48-,49+,54-,55-,56-,57-,58-,59-,60-,61-,66-,67-/m0/s1. The van der Waals surface area contributed by atoms with E-state index in [9.17, 15) is 92.3 Å². The van der Waals surface area contributed by atoms with E-state index in [1.54, 1.807) is 84.1 Å². The third-order valence-electron chi connectivity index (χ3n) is 19.5. The Labute approximate surface area is 648 Å². The molecule has 3 aromatic rings. The van der Waals surface area contributed by atoms with Gasteiger partial charge in [0, 0.05) is 55.7 Å². The van der Waals surface area contributed by atoms with E-state index in [-0.39, 0.29) is 69.1 Å². The number of nitrogens with two attached hydrogens (primary N) is 2. The summed E-state index contributed by atoms with van der Waals surface area (Å²) in [6.07, 6.45) is 10.6. The average Bonchev–Trinajstić information content (AvgIpc) is 1.72. The van der Waals surface area contributed by atoms with Crippen LogP contribution >= 0.6 is 0 Å². The Kier molecular flexibility index (Phi) is 40.8. The van der Waals surface area contributed by atoms with Gasteiger partial charge < -0.3 is 94.9 Å². The lowest BCUT2D eigenvalue weighted by Crippen LogP contribution is -2.62. The Hall–Kier alpha value is -10.1. The van der Waals surface area contributed by atoms with Gasteiger partial charge in [0.25, 0.3) is 0 Å². The van der Waals surface area contributed by atoms with Gasteiger partial charge in [0.05, 0.1) is 19.1 Å². The number of nitrogens with one attached hydrogen (secondary N) is 11. The summed E-state index contributed by atoms with van der Waals surface area (Å²) < 4.78 is 0. The van der Waals surface area contributed by atoms with Crippen LogP contribution < -0.4 is 64.6 Å². The third kappa shape index (κ3) is 33.2. The molecule has 1 fully saturated rings. The number of benzene rings is 2. The number of nitrogens with zero attached hydrogens (tertiary/aromatic N) is 1. The quantitative estimate of drug-likeness (QED) is 0.0360. The van der Waals surface area contributed by atoms with Crippen LogP contribution in [0.1, 0.15) is 208 Å². The van der Waals surface area contributed by atoms with E-state index in [2.05, 4.69) is 58.2 Å². The van der Waals surface area contributed by atoms with Crippen molar-refractivity contribution in [2.75, 3.05) is 13.2 Å². The summed E-state index contributed by atoms with van der Waals surface area (Å²) in [5.41, 5.74) is 12.9. The predicted molar refractivity (Wildman–Crippen MR) is 411 cm³/mol. The first-order valence-corrected chi connectivity index (χ1v) is 38.9. The molecule has 616 valence electrons. The fourth-order valence-corrected chi connectivity index (χ4v) is 13.0. The molecular weight excluding hydrogens is 1440 g/mol. The first-order valence-electron chi connectivity index (χ1n) is 38.9. The third-order valence-corrected chi connectivity index (χ3v) is 19.5. The zero-order chi connectivity index (χ0) is 82.4. The lowest BCUT2D eigenvalue weighted by Gasteiger charge is -2.30. The summed E-state index contributed by atoms with van der Waals surface area (Å²) in [4.78, 5) is 203. The topological polar surface area (TPSA) is 528 Å². The predicted octanol–water partition coefficient (Wildman–Crippen LogP) is 2.09. The molecule has 2 aromatic carbocycles. The molecule has 4 rings (SSSR count). The van der Waals surface area contributed by atoms with Crippen molar-refractivity contribution in [1.29, 1.82) is 0 Å². The minimum Gasteiger partial charge on any atom is -0.480 e. The molecule has 19 N–H and O–H groups in total. The van der Waals surface area contributed by atoms with Crippen LogP contribution in [0.15, 0.2) is 60.8 Å². The van der Waals surface area contributed by atoms with E-state index >= 15 is 0 Å². The van der Waals surface area contributed by atoms with Crippen molar-refractivity contribution in [3.63, 3.8) is 0 Å². The van der Waals surface area contributed by atoms with Gasteiger partial charge in [-0.1, -0.05) is 161 Å². The molecule has 33 nitrogen and oxygen atoms in total.